The minimum absolute atomic E-state index is 0.286. The van der Waals surface area contributed by atoms with E-state index in [1.165, 1.54) is 0 Å². The van der Waals surface area contributed by atoms with Crippen molar-refractivity contribution in [3.8, 4) is 17.0 Å². The van der Waals surface area contributed by atoms with E-state index in [4.69, 9.17) is 14.5 Å². The number of fused-ring (bicyclic) bond motifs is 1. The summed E-state index contributed by atoms with van der Waals surface area (Å²) in [6.07, 6.45) is 0. The van der Waals surface area contributed by atoms with Gasteiger partial charge in [-0.15, -0.1) is 0 Å². The molecule has 4 aromatic rings. The lowest BCUT2D eigenvalue weighted by molar-refractivity contribution is 0.0938. The first-order chi connectivity index (χ1) is 16.6. The highest BCUT2D eigenvalue weighted by Crippen LogP contribution is 2.27. The molecule has 0 unspecified atom stereocenters. The maximum absolute atomic E-state index is 13.4. The number of amides is 2. The minimum atomic E-state index is -0.328. The number of methoxy groups -OCH3 is 2. The standard InChI is InChI=1S/C27H25N3O4/c1-33-16-15-28-26(31)21-8-4-6-10-24(21)30-27(32)22-17-25(18-11-13-19(34-2)14-12-18)29-23-9-5-3-7-20(22)23/h3-14,17H,15-16H2,1-2H3,(H,28,31)(H,30,32). The number of para-hydroxylation sites is 2. The van der Waals surface area contributed by atoms with Gasteiger partial charge in [-0.25, -0.2) is 4.98 Å². The molecule has 0 bridgehead atoms. The largest absolute Gasteiger partial charge is 0.497 e. The summed E-state index contributed by atoms with van der Waals surface area (Å²) in [5.74, 6) is 0.125. The van der Waals surface area contributed by atoms with Crippen molar-refractivity contribution < 1.29 is 19.1 Å². The molecule has 34 heavy (non-hydrogen) atoms. The number of ether oxygens (including phenoxy) is 2. The van der Waals surface area contributed by atoms with Crippen LogP contribution in [0.15, 0.2) is 78.9 Å². The van der Waals surface area contributed by atoms with E-state index in [0.29, 0.717) is 41.2 Å². The zero-order valence-electron chi connectivity index (χ0n) is 19.0. The van der Waals surface area contributed by atoms with Gasteiger partial charge in [-0.1, -0.05) is 30.3 Å². The number of pyridine rings is 1. The minimum Gasteiger partial charge on any atom is -0.497 e. The smallest absolute Gasteiger partial charge is 0.256 e. The molecule has 7 nitrogen and oxygen atoms in total. The van der Waals surface area contributed by atoms with Gasteiger partial charge in [-0.3, -0.25) is 9.59 Å². The quantitative estimate of drug-likeness (QED) is 0.381. The van der Waals surface area contributed by atoms with Gasteiger partial charge in [0.25, 0.3) is 11.8 Å². The summed E-state index contributed by atoms with van der Waals surface area (Å²) in [7, 11) is 3.18. The van der Waals surface area contributed by atoms with E-state index in [1.54, 1.807) is 44.6 Å². The van der Waals surface area contributed by atoms with Crippen LogP contribution in [0.3, 0.4) is 0 Å². The summed E-state index contributed by atoms with van der Waals surface area (Å²) in [5, 5.41) is 6.42. The molecule has 0 aliphatic carbocycles. The van der Waals surface area contributed by atoms with Crippen LogP contribution in [-0.2, 0) is 4.74 Å². The molecule has 2 N–H and O–H groups in total. The Bertz CT molecular complexity index is 1320. The molecule has 0 atom stereocenters. The van der Waals surface area contributed by atoms with Gasteiger partial charge in [0, 0.05) is 24.6 Å². The summed E-state index contributed by atoms with van der Waals surface area (Å²) >= 11 is 0. The molecule has 0 saturated carbocycles. The number of anilines is 1. The third kappa shape index (κ3) is 5.05. The zero-order valence-corrected chi connectivity index (χ0v) is 19.0. The average Bonchev–Trinajstić information content (AvgIpc) is 2.88. The van der Waals surface area contributed by atoms with E-state index in [9.17, 15) is 9.59 Å². The topological polar surface area (TPSA) is 89.6 Å². The number of hydrogen-bond donors (Lipinski definition) is 2. The second kappa shape index (κ2) is 10.6. The molecule has 172 valence electrons. The lowest BCUT2D eigenvalue weighted by Gasteiger charge is -2.13. The zero-order chi connectivity index (χ0) is 23.9. The summed E-state index contributed by atoms with van der Waals surface area (Å²) < 4.78 is 10.2. The molecule has 7 heteroatoms. The first-order valence-corrected chi connectivity index (χ1v) is 10.8. The molecular weight excluding hydrogens is 430 g/mol. The highest BCUT2D eigenvalue weighted by molar-refractivity contribution is 6.15. The Morgan fingerprint density at radius 3 is 2.35 bits per heavy atom. The van der Waals surface area contributed by atoms with Crippen LogP contribution >= 0.6 is 0 Å². The van der Waals surface area contributed by atoms with E-state index >= 15 is 0 Å². The first kappa shape index (κ1) is 22.9. The van der Waals surface area contributed by atoms with Crippen LogP contribution in [0.5, 0.6) is 5.75 Å². The summed E-state index contributed by atoms with van der Waals surface area (Å²) in [6.45, 7) is 0.773. The van der Waals surface area contributed by atoms with Gasteiger partial charge < -0.3 is 20.1 Å². The van der Waals surface area contributed by atoms with Gasteiger partial charge in [-0.2, -0.15) is 0 Å². The van der Waals surface area contributed by atoms with Crippen molar-refractivity contribution >= 4 is 28.4 Å². The summed E-state index contributed by atoms with van der Waals surface area (Å²) in [5.41, 5.74) is 3.49. The van der Waals surface area contributed by atoms with Crippen molar-refractivity contribution in [3.63, 3.8) is 0 Å². The number of aromatic nitrogens is 1. The van der Waals surface area contributed by atoms with Crippen LogP contribution in [0, 0.1) is 0 Å². The highest BCUT2D eigenvalue weighted by Gasteiger charge is 2.17. The SMILES string of the molecule is COCCNC(=O)c1ccccc1NC(=O)c1cc(-c2ccc(OC)cc2)nc2ccccc12. The molecular formula is C27H25N3O4. The van der Waals surface area contributed by atoms with Crippen molar-refractivity contribution in [3.05, 3.63) is 90.0 Å². The van der Waals surface area contributed by atoms with Gasteiger partial charge in [0.15, 0.2) is 0 Å². The lowest BCUT2D eigenvalue weighted by Crippen LogP contribution is -2.28. The maximum Gasteiger partial charge on any atom is 0.256 e. The van der Waals surface area contributed by atoms with Crippen LogP contribution in [0.4, 0.5) is 5.69 Å². The third-order valence-electron chi connectivity index (χ3n) is 5.36. The highest BCUT2D eigenvalue weighted by atomic mass is 16.5. The Balaban J connectivity index is 1.69. The Labute approximate surface area is 197 Å². The second-order valence-electron chi connectivity index (χ2n) is 7.55. The lowest BCUT2D eigenvalue weighted by atomic mass is 10.0. The van der Waals surface area contributed by atoms with Crippen molar-refractivity contribution in [2.45, 2.75) is 0 Å². The number of benzene rings is 3. The first-order valence-electron chi connectivity index (χ1n) is 10.8. The van der Waals surface area contributed by atoms with Gasteiger partial charge in [-0.05, 0) is 48.5 Å². The molecule has 1 aromatic heterocycles. The molecule has 0 radical (unpaired) electrons. The fourth-order valence-electron chi connectivity index (χ4n) is 3.61. The normalized spacial score (nSPS) is 10.6. The van der Waals surface area contributed by atoms with Gasteiger partial charge in [0.1, 0.15) is 5.75 Å². The molecule has 2 amide bonds. The molecule has 0 aliphatic rings. The predicted molar refractivity (Wildman–Crippen MR) is 132 cm³/mol. The monoisotopic (exact) mass is 455 g/mol. The number of nitrogens with zero attached hydrogens (tertiary/aromatic N) is 1. The Morgan fingerprint density at radius 2 is 1.59 bits per heavy atom. The van der Waals surface area contributed by atoms with Crippen LogP contribution < -0.4 is 15.4 Å². The Kier molecular flexibility index (Phi) is 7.15. The summed E-state index contributed by atoms with van der Waals surface area (Å²) in [6, 6.07) is 23.7. The molecule has 0 aliphatic heterocycles. The Hall–Kier alpha value is -4.23. The van der Waals surface area contributed by atoms with Crippen molar-refractivity contribution in [1.82, 2.24) is 10.3 Å². The van der Waals surface area contributed by atoms with Crippen molar-refractivity contribution in [2.75, 3.05) is 32.7 Å². The third-order valence-corrected chi connectivity index (χ3v) is 5.36. The molecule has 4 rings (SSSR count). The molecule has 0 fully saturated rings. The fourth-order valence-corrected chi connectivity index (χ4v) is 3.61. The molecule has 1 heterocycles. The average molecular weight is 456 g/mol. The fraction of sp³-hybridized carbons (Fsp3) is 0.148. The number of hydrogen-bond acceptors (Lipinski definition) is 5. The van der Waals surface area contributed by atoms with Crippen molar-refractivity contribution in [1.29, 1.82) is 0 Å². The summed E-state index contributed by atoms with van der Waals surface area (Å²) in [4.78, 5) is 30.8. The number of carbonyl (C=O) groups excluding carboxylic acids is 2. The van der Waals surface area contributed by atoms with Crippen LogP contribution in [-0.4, -0.2) is 44.2 Å². The van der Waals surface area contributed by atoms with Crippen molar-refractivity contribution in [2.24, 2.45) is 0 Å². The van der Waals surface area contributed by atoms with Crippen LogP contribution in [0.1, 0.15) is 20.7 Å². The van der Waals surface area contributed by atoms with E-state index in [2.05, 4.69) is 10.6 Å². The number of carbonyl (C=O) groups is 2. The predicted octanol–water partition coefficient (Wildman–Crippen LogP) is 4.54. The Morgan fingerprint density at radius 1 is 0.853 bits per heavy atom. The molecule has 3 aromatic carbocycles. The van der Waals surface area contributed by atoms with Gasteiger partial charge in [0.05, 0.1) is 41.7 Å². The molecule has 0 spiro atoms. The van der Waals surface area contributed by atoms with Gasteiger partial charge in [0.2, 0.25) is 0 Å². The van der Waals surface area contributed by atoms with E-state index < -0.39 is 0 Å². The number of rotatable bonds is 8. The van der Waals surface area contributed by atoms with Crippen LogP contribution in [0.2, 0.25) is 0 Å². The van der Waals surface area contributed by atoms with E-state index in [0.717, 1.165) is 16.7 Å². The number of nitrogens with one attached hydrogen (secondary N) is 2. The maximum atomic E-state index is 13.4. The van der Waals surface area contributed by atoms with Gasteiger partial charge >= 0.3 is 0 Å². The van der Waals surface area contributed by atoms with E-state index in [-0.39, 0.29) is 11.8 Å². The second-order valence-corrected chi connectivity index (χ2v) is 7.55. The van der Waals surface area contributed by atoms with E-state index in [1.807, 2.05) is 48.5 Å². The van der Waals surface area contributed by atoms with Crippen LogP contribution in [0.25, 0.3) is 22.2 Å². The molecule has 0 saturated heterocycles.